The first-order valence-electron chi connectivity index (χ1n) is 6.36. The van der Waals surface area contributed by atoms with E-state index in [1.54, 1.807) is 4.57 Å². The minimum Gasteiger partial charge on any atom is -0.462 e. The van der Waals surface area contributed by atoms with E-state index in [-0.39, 0.29) is 25.2 Å². The Morgan fingerprint density at radius 3 is 2.84 bits per heavy atom. The van der Waals surface area contributed by atoms with Crippen LogP contribution in [-0.2, 0) is 22.5 Å². The van der Waals surface area contributed by atoms with E-state index in [9.17, 15) is 4.79 Å². The predicted molar refractivity (Wildman–Crippen MR) is 71.8 cm³/mol. The lowest BCUT2D eigenvalue weighted by Gasteiger charge is -2.11. The maximum atomic E-state index is 11.8. The first-order chi connectivity index (χ1) is 9.11. The van der Waals surface area contributed by atoms with Gasteiger partial charge >= 0.3 is 5.97 Å². The quantitative estimate of drug-likeness (QED) is 0.830. The molecule has 0 fully saturated rings. The van der Waals surface area contributed by atoms with Gasteiger partial charge in [-0.25, -0.2) is 4.98 Å². The number of hydrogen-bond acceptors (Lipinski definition) is 4. The second kappa shape index (κ2) is 5.84. The van der Waals surface area contributed by atoms with Crippen molar-refractivity contribution in [2.45, 2.75) is 32.9 Å². The van der Waals surface area contributed by atoms with Crippen LogP contribution in [0.15, 0.2) is 24.3 Å². The van der Waals surface area contributed by atoms with E-state index in [2.05, 4.69) is 4.98 Å². The molecule has 0 bridgehead atoms. The van der Waals surface area contributed by atoms with E-state index in [4.69, 9.17) is 9.84 Å². The summed E-state index contributed by atoms with van der Waals surface area (Å²) in [6.07, 6.45) is 0.285. The highest BCUT2D eigenvalue weighted by Gasteiger charge is 2.14. The molecule has 5 nitrogen and oxygen atoms in total. The molecule has 1 N–H and O–H groups in total. The molecule has 0 aliphatic heterocycles. The van der Waals surface area contributed by atoms with Crippen LogP contribution >= 0.6 is 0 Å². The van der Waals surface area contributed by atoms with Gasteiger partial charge in [0.1, 0.15) is 12.4 Å². The summed E-state index contributed by atoms with van der Waals surface area (Å²) in [7, 11) is 0. The molecule has 1 heterocycles. The van der Waals surface area contributed by atoms with Crippen molar-refractivity contribution in [3.63, 3.8) is 0 Å². The normalized spacial score (nSPS) is 11.2. The van der Waals surface area contributed by atoms with Gasteiger partial charge in [-0.1, -0.05) is 12.1 Å². The highest BCUT2D eigenvalue weighted by atomic mass is 16.5. The van der Waals surface area contributed by atoms with Gasteiger partial charge in [-0.05, 0) is 26.0 Å². The number of fused-ring (bicyclic) bond motifs is 1. The number of rotatable bonds is 5. The summed E-state index contributed by atoms with van der Waals surface area (Å²) in [6, 6.07) is 7.60. The van der Waals surface area contributed by atoms with Gasteiger partial charge in [0.25, 0.3) is 0 Å². The number of carbonyl (C=O) groups is 1. The number of esters is 1. The second-order valence-electron chi connectivity index (χ2n) is 4.62. The molecule has 0 aliphatic carbocycles. The lowest BCUT2D eigenvalue weighted by atomic mass is 10.3. The van der Waals surface area contributed by atoms with E-state index < -0.39 is 0 Å². The number of ether oxygens (including phenoxy) is 1. The zero-order valence-electron chi connectivity index (χ0n) is 11.2. The number of hydrogen-bond donors (Lipinski definition) is 1. The Kier molecular flexibility index (Phi) is 4.16. The summed E-state index contributed by atoms with van der Waals surface area (Å²) in [5.74, 6) is 0.404. The van der Waals surface area contributed by atoms with E-state index >= 15 is 0 Å². The molecule has 0 aliphatic rings. The van der Waals surface area contributed by atoms with Crippen LogP contribution in [0.25, 0.3) is 11.0 Å². The average molecular weight is 262 g/mol. The van der Waals surface area contributed by atoms with Crippen molar-refractivity contribution in [2.24, 2.45) is 0 Å². The lowest BCUT2D eigenvalue weighted by Crippen LogP contribution is -2.19. The molecule has 102 valence electrons. The number of aromatic nitrogens is 2. The molecule has 0 atom stereocenters. The SMILES string of the molecule is CC(C)OC(=O)Cn1c(CCO)nc2ccccc21. The number of imidazole rings is 1. The number of aliphatic hydroxyl groups excluding tert-OH is 1. The van der Waals surface area contributed by atoms with Crippen molar-refractivity contribution in [2.75, 3.05) is 6.61 Å². The van der Waals surface area contributed by atoms with Gasteiger partial charge < -0.3 is 14.4 Å². The standard InChI is InChI=1S/C14H18N2O3/c1-10(2)19-14(18)9-16-12-6-4-3-5-11(12)15-13(16)7-8-17/h3-6,10,17H,7-9H2,1-2H3. The molecule has 5 heteroatoms. The highest BCUT2D eigenvalue weighted by Crippen LogP contribution is 2.16. The minimum absolute atomic E-state index is 0.00253. The Labute approximate surface area is 111 Å². The van der Waals surface area contributed by atoms with Crippen molar-refractivity contribution in [1.82, 2.24) is 9.55 Å². The van der Waals surface area contributed by atoms with Gasteiger partial charge in [0.15, 0.2) is 0 Å². The number of nitrogens with zero attached hydrogens (tertiary/aromatic N) is 2. The Bertz CT molecular complexity index is 575. The molecule has 1 aromatic carbocycles. The second-order valence-corrected chi connectivity index (χ2v) is 4.62. The third kappa shape index (κ3) is 3.12. The maximum Gasteiger partial charge on any atom is 0.326 e. The molecule has 0 saturated carbocycles. The monoisotopic (exact) mass is 262 g/mol. The number of carbonyl (C=O) groups excluding carboxylic acids is 1. The molecule has 0 unspecified atom stereocenters. The summed E-state index contributed by atoms with van der Waals surface area (Å²) in [4.78, 5) is 16.2. The van der Waals surface area contributed by atoms with Crippen LogP contribution in [0, 0.1) is 0 Å². The molecule has 2 aromatic rings. The summed E-state index contributed by atoms with van der Waals surface area (Å²) in [6.45, 7) is 3.76. The molecular weight excluding hydrogens is 244 g/mol. The molecule has 0 spiro atoms. The largest absolute Gasteiger partial charge is 0.462 e. The van der Waals surface area contributed by atoms with Crippen molar-refractivity contribution in [1.29, 1.82) is 0 Å². The number of aliphatic hydroxyl groups is 1. The van der Waals surface area contributed by atoms with Crippen LogP contribution in [-0.4, -0.2) is 33.3 Å². The van der Waals surface area contributed by atoms with Crippen LogP contribution in [0.3, 0.4) is 0 Å². The van der Waals surface area contributed by atoms with Gasteiger partial charge in [0, 0.05) is 6.42 Å². The van der Waals surface area contributed by atoms with Crippen LogP contribution in [0.4, 0.5) is 0 Å². The highest BCUT2D eigenvalue weighted by molar-refractivity contribution is 5.79. The smallest absolute Gasteiger partial charge is 0.326 e. The van der Waals surface area contributed by atoms with Crippen molar-refractivity contribution >= 4 is 17.0 Å². The average Bonchev–Trinajstić information content (AvgIpc) is 2.67. The lowest BCUT2D eigenvalue weighted by molar-refractivity contribution is -0.148. The fraction of sp³-hybridized carbons (Fsp3) is 0.429. The Hall–Kier alpha value is -1.88. The first kappa shape index (κ1) is 13.5. The maximum absolute atomic E-state index is 11.8. The van der Waals surface area contributed by atoms with Gasteiger partial charge in [0.2, 0.25) is 0 Å². The van der Waals surface area contributed by atoms with Gasteiger partial charge in [0.05, 0.1) is 23.7 Å². The van der Waals surface area contributed by atoms with Gasteiger partial charge in [-0.3, -0.25) is 4.79 Å². The molecule has 0 radical (unpaired) electrons. The van der Waals surface area contributed by atoms with Gasteiger partial charge in [-0.2, -0.15) is 0 Å². The summed E-state index contributed by atoms with van der Waals surface area (Å²) < 4.78 is 6.96. The Balaban J connectivity index is 2.33. The number of para-hydroxylation sites is 2. The van der Waals surface area contributed by atoms with Crippen LogP contribution < -0.4 is 0 Å². The zero-order valence-corrected chi connectivity index (χ0v) is 11.2. The molecular formula is C14H18N2O3. The molecule has 0 amide bonds. The summed E-state index contributed by atoms with van der Waals surface area (Å²) in [5, 5.41) is 9.08. The molecule has 2 rings (SSSR count). The molecule has 19 heavy (non-hydrogen) atoms. The van der Waals surface area contributed by atoms with E-state index in [1.165, 1.54) is 0 Å². The minimum atomic E-state index is -0.294. The third-order valence-electron chi connectivity index (χ3n) is 2.72. The Morgan fingerprint density at radius 1 is 1.42 bits per heavy atom. The van der Waals surface area contributed by atoms with Gasteiger partial charge in [-0.15, -0.1) is 0 Å². The van der Waals surface area contributed by atoms with Crippen molar-refractivity contribution < 1.29 is 14.6 Å². The Morgan fingerprint density at radius 2 is 2.16 bits per heavy atom. The van der Waals surface area contributed by atoms with E-state index in [0.29, 0.717) is 12.2 Å². The predicted octanol–water partition coefficient (Wildman–Crippen LogP) is 1.52. The van der Waals surface area contributed by atoms with Crippen LogP contribution in [0.1, 0.15) is 19.7 Å². The van der Waals surface area contributed by atoms with E-state index in [0.717, 1.165) is 11.0 Å². The van der Waals surface area contributed by atoms with Crippen molar-refractivity contribution in [3.8, 4) is 0 Å². The molecule has 0 saturated heterocycles. The zero-order chi connectivity index (χ0) is 13.8. The van der Waals surface area contributed by atoms with Crippen LogP contribution in [0.5, 0.6) is 0 Å². The fourth-order valence-electron chi connectivity index (χ4n) is 2.02. The van der Waals surface area contributed by atoms with E-state index in [1.807, 2.05) is 38.1 Å². The first-order valence-corrected chi connectivity index (χ1v) is 6.36. The van der Waals surface area contributed by atoms with Crippen molar-refractivity contribution in [3.05, 3.63) is 30.1 Å². The number of benzene rings is 1. The summed E-state index contributed by atoms with van der Waals surface area (Å²) >= 11 is 0. The molecule has 1 aromatic heterocycles. The van der Waals surface area contributed by atoms with Crippen LogP contribution in [0.2, 0.25) is 0 Å². The topological polar surface area (TPSA) is 64.3 Å². The fourth-order valence-corrected chi connectivity index (χ4v) is 2.02. The third-order valence-corrected chi connectivity index (χ3v) is 2.72. The summed E-state index contributed by atoms with van der Waals surface area (Å²) in [5.41, 5.74) is 1.70.